The Morgan fingerprint density at radius 1 is 0.729 bits per heavy atom. The number of aromatic nitrogens is 3. The van der Waals surface area contributed by atoms with E-state index in [-0.39, 0.29) is 28.4 Å². The van der Waals surface area contributed by atoms with Gasteiger partial charge in [0.1, 0.15) is 11.4 Å². The lowest BCUT2D eigenvalue weighted by atomic mass is 9.55. The van der Waals surface area contributed by atoms with E-state index in [1.807, 2.05) is 18.2 Å². The minimum atomic E-state index is -2.34. The van der Waals surface area contributed by atoms with Crippen molar-refractivity contribution in [2.45, 2.75) is 91.8 Å². The van der Waals surface area contributed by atoms with Crippen LogP contribution < -0.4 is 0 Å². The molecule has 3 heterocycles. The van der Waals surface area contributed by atoms with Crippen LogP contribution in [0.2, 0.25) is 0 Å². The number of nitrogens with zero attached hydrogens (tertiary/aromatic N) is 3. The lowest BCUT2D eigenvalue weighted by molar-refractivity contribution is 0.301. The van der Waals surface area contributed by atoms with Gasteiger partial charge in [-0.3, -0.25) is 4.57 Å². The van der Waals surface area contributed by atoms with E-state index in [4.69, 9.17) is 13.5 Å². The Balaban J connectivity index is 1.58. The van der Waals surface area contributed by atoms with Gasteiger partial charge in [0.05, 0.1) is 22.3 Å². The molecule has 0 saturated heterocycles. The van der Waals surface area contributed by atoms with Gasteiger partial charge in [-0.05, 0) is 88.7 Å². The normalized spacial score (nSPS) is 16.4. The predicted molar refractivity (Wildman–Crippen MR) is 201 cm³/mol. The van der Waals surface area contributed by atoms with Crippen molar-refractivity contribution in [3.05, 3.63) is 112 Å². The largest absolute Gasteiger partial charge is 0.437 e. The minimum absolute atomic E-state index is 0.0161. The first kappa shape index (κ1) is 27.3. The summed E-state index contributed by atoms with van der Waals surface area (Å²) in [5.41, 5.74) is 13.5. The summed E-state index contributed by atoms with van der Waals surface area (Å²) in [5.74, 6) is 1.29. The van der Waals surface area contributed by atoms with Gasteiger partial charge in [-0.25, -0.2) is 9.97 Å². The van der Waals surface area contributed by atoms with Crippen molar-refractivity contribution in [3.63, 3.8) is 0 Å². The Morgan fingerprint density at radius 2 is 1.44 bits per heavy atom. The number of fused-ring (bicyclic) bond motifs is 8. The maximum Gasteiger partial charge on any atom is 0.227 e. The molecule has 0 atom stereocenters. The Bertz CT molecular complexity index is 2520. The highest BCUT2D eigenvalue weighted by atomic mass is 16.3. The molecule has 0 bridgehead atoms. The van der Waals surface area contributed by atoms with Crippen molar-refractivity contribution in [1.82, 2.24) is 14.5 Å². The molecule has 4 heteroatoms. The highest BCUT2D eigenvalue weighted by Gasteiger charge is 2.47. The Hall–Kier alpha value is -4.70. The highest BCUT2D eigenvalue weighted by Crippen LogP contribution is 2.56. The number of furan rings is 1. The molecule has 8 rings (SSSR count). The number of hydrogen-bond acceptors (Lipinski definition) is 3. The molecule has 7 aromatic rings. The third-order valence-electron chi connectivity index (χ3n) is 11.3. The number of benzene rings is 4. The fourth-order valence-corrected chi connectivity index (χ4v) is 8.16. The highest BCUT2D eigenvalue weighted by molar-refractivity contribution is 6.09. The maximum absolute atomic E-state index is 7.97. The second-order valence-corrected chi connectivity index (χ2v) is 15.4. The fraction of sp³-hybridized carbons (Fsp3) is 0.318. The molecule has 48 heavy (non-hydrogen) atoms. The van der Waals surface area contributed by atoms with Crippen molar-refractivity contribution in [2.75, 3.05) is 0 Å². The fourth-order valence-electron chi connectivity index (χ4n) is 8.16. The van der Waals surface area contributed by atoms with Crippen LogP contribution in [0.4, 0.5) is 0 Å². The summed E-state index contributed by atoms with van der Waals surface area (Å²) in [6, 6.07) is 27.5. The molecule has 1 aliphatic carbocycles. The predicted octanol–water partition coefficient (Wildman–Crippen LogP) is 12.1. The van der Waals surface area contributed by atoms with Crippen LogP contribution in [0.3, 0.4) is 0 Å². The van der Waals surface area contributed by atoms with E-state index in [2.05, 4.69) is 126 Å². The topological polar surface area (TPSA) is 43.9 Å². The number of rotatable bonds is 4. The first-order valence-electron chi connectivity index (χ1n) is 18.7. The Labute approximate surface area is 288 Å². The SMILES string of the molecule is [2H]C([2H])([2H])c1ccc2c(n1)oc1c(-c3nc4ccc5c(c4n3-c3c(C(C)C)cc(C)cc3C(C)C)C(C)(C)C(C)(C)c3ccccc3-5)cccc12. The molecule has 1 aliphatic rings. The van der Waals surface area contributed by atoms with E-state index in [0.29, 0.717) is 11.3 Å². The van der Waals surface area contributed by atoms with Crippen LogP contribution in [0.1, 0.15) is 105 Å². The van der Waals surface area contributed by atoms with Gasteiger partial charge in [0, 0.05) is 26.0 Å². The molecule has 0 N–H and O–H groups in total. The smallest absolute Gasteiger partial charge is 0.227 e. The van der Waals surface area contributed by atoms with Crippen molar-refractivity contribution in [3.8, 4) is 28.2 Å². The van der Waals surface area contributed by atoms with E-state index < -0.39 is 6.85 Å². The van der Waals surface area contributed by atoms with Crippen molar-refractivity contribution >= 4 is 33.1 Å². The van der Waals surface area contributed by atoms with Gasteiger partial charge in [0.15, 0.2) is 0 Å². The van der Waals surface area contributed by atoms with Crippen LogP contribution in [-0.4, -0.2) is 14.5 Å². The molecule has 0 fully saturated rings. The second kappa shape index (κ2) is 10.4. The monoisotopic (exact) mass is 634 g/mol. The first-order valence-corrected chi connectivity index (χ1v) is 17.2. The number of imidazole rings is 1. The van der Waals surface area contributed by atoms with Crippen molar-refractivity contribution < 1.29 is 8.53 Å². The zero-order valence-corrected chi connectivity index (χ0v) is 29.4. The standard InChI is InChI=1S/C44H45N3O/c1-24(2)33-22-26(5)23-34(25(3)4)38(33)47-39-36(21-20-29-28-14-11-12-17-35(28)43(7,8)44(9,10)37(29)39)46-41(47)32-16-13-15-30-31-19-18-27(6)45-42(31)48-40(30)32/h11-25H,1-10H3/i6D3. The van der Waals surface area contributed by atoms with Crippen LogP contribution in [0.15, 0.2) is 83.3 Å². The molecule has 0 unspecified atom stereocenters. The van der Waals surface area contributed by atoms with E-state index in [9.17, 15) is 0 Å². The molecule has 0 radical (unpaired) electrons. The summed E-state index contributed by atoms with van der Waals surface area (Å²) >= 11 is 0. The molecule has 0 amide bonds. The molecular formula is C44H45N3O. The average Bonchev–Trinajstić information content (AvgIpc) is 3.64. The summed E-state index contributed by atoms with van der Waals surface area (Å²) in [4.78, 5) is 10.0. The van der Waals surface area contributed by atoms with Gasteiger partial charge in [-0.2, -0.15) is 0 Å². The van der Waals surface area contributed by atoms with Gasteiger partial charge in [0.2, 0.25) is 5.71 Å². The summed E-state index contributed by atoms with van der Waals surface area (Å²) in [6.45, 7) is 18.4. The molecule has 4 nitrogen and oxygen atoms in total. The molecule has 0 aliphatic heterocycles. The van der Waals surface area contributed by atoms with Gasteiger partial charge in [0.25, 0.3) is 0 Å². The number of aryl methyl sites for hydroxylation is 2. The zero-order valence-electron chi connectivity index (χ0n) is 32.4. The van der Waals surface area contributed by atoms with Crippen LogP contribution in [0.5, 0.6) is 0 Å². The summed E-state index contributed by atoms with van der Waals surface area (Å²) in [6.07, 6.45) is 0. The maximum atomic E-state index is 7.97. The van der Waals surface area contributed by atoms with E-state index in [1.165, 1.54) is 44.6 Å². The van der Waals surface area contributed by atoms with Gasteiger partial charge in [-0.15, -0.1) is 0 Å². The van der Waals surface area contributed by atoms with Crippen molar-refractivity contribution in [2.24, 2.45) is 0 Å². The van der Waals surface area contributed by atoms with Crippen LogP contribution in [0.25, 0.3) is 61.3 Å². The number of pyridine rings is 1. The third kappa shape index (κ3) is 4.14. The summed E-state index contributed by atoms with van der Waals surface area (Å²) in [7, 11) is 0. The molecule has 0 saturated carbocycles. The lowest BCUT2D eigenvalue weighted by Crippen LogP contribution is -2.43. The van der Waals surface area contributed by atoms with Gasteiger partial charge in [-0.1, -0.05) is 116 Å². The molecule has 242 valence electrons. The molecule has 4 aromatic carbocycles. The number of para-hydroxylation sites is 1. The minimum Gasteiger partial charge on any atom is -0.437 e. The summed E-state index contributed by atoms with van der Waals surface area (Å²) < 4.78 is 32.9. The third-order valence-corrected chi connectivity index (χ3v) is 11.3. The average molecular weight is 635 g/mol. The van der Waals surface area contributed by atoms with Gasteiger partial charge >= 0.3 is 0 Å². The first-order chi connectivity index (χ1) is 24.0. The van der Waals surface area contributed by atoms with Crippen LogP contribution in [-0.2, 0) is 10.8 Å². The second-order valence-electron chi connectivity index (χ2n) is 15.4. The molecule has 0 spiro atoms. The lowest BCUT2D eigenvalue weighted by Gasteiger charge is -2.48. The number of hydrogen-bond donors (Lipinski definition) is 0. The van der Waals surface area contributed by atoms with E-state index >= 15 is 0 Å². The van der Waals surface area contributed by atoms with E-state index in [0.717, 1.165) is 33.2 Å². The molecule has 3 aromatic heterocycles. The Kier molecular flexibility index (Phi) is 5.91. The van der Waals surface area contributed by atoms with Crippen LogP contribution >= 0.6 is 0 Å². The zero-order chi connectivity index (χ0) is 36.4. The Morgan fingerprint density at radius 3 is 2.15 bits per heavy atom. The molecular weight excluding hydrogens is 587 g/mol. The quantitative estimate of drug-likeness (QED) is 0.193. The summed E-state index contributed by atoms with van der Waals surface area (Å²) in [5, 5.41) is 1.65. The van der Waals surface area contributed by atoms with E-state index in [1.54, 1.807) is 6.07 Å². The van der Waals surface area contributed by atoms with Crippen LogP contribution in [0, 0.1) is 13.8 Å². The van der Waals surface area contributed by atoms with Crippen molar-refractivity contribution in [1.29, 1.82) is 0 Å². The van der Waals surface area contributed by atoms with Gasteiger partial charge < -0.3 is 4.42 Å².